The molecule has 0 radical (unpaired) electrons. The summed E-state index contributed by atoms with van der Waals surface area (Å²) in [6.07, 6.45) is -3.35. The van der Waals surface area contributed by atoms with Gasteiger partial charge in [-0.15, -0.1) is 8.78 Å². The number of amides is 2. The number of carbonyl (C=O) groups is 2. The first-order valence-electron chi connectivity index (χ1n) is 9.60. The Hall–Kier alpha value is -3.09. The number of piperidine rings is 1. The minimum Gasteiger partial charge on any atom is -0.443 e. The maximum Gasteiger partial charge on any atom is 0.586 e. The molecule has 162 valence electrons. The number of alkyl halides is 2. The minimum absolute atomic E-state index is 0.161. The molecule has 0 aromatic heterocycles. The molecule has 30 heavy (non-hydrogen) atoms. The SMILES string of the molecule is CCC(C)(C)OC(=O)N1CCC(C#N)(NC(=O)c2cccc3c2OC(F)(F)O3)CC1. The predicted octanol–water partition coefficient (Wildman–Crippen LogP) is 3.42. The normalized spacial score (nSPS) is 19.0. The first-order valence-corrected chi connectivity index (χ1v) is 9.60. The van der Waals surface area contributed by atoms with Crippen LogP contribution in [0.5, 0.6) is 11.5 Å². The lowest BCUT2D eigenvalue weighted by molar-refractivity contribution is -0.286. The van der Waals surface area contributed by atoms with Crippen LogP contribution in [0.25, 0.3) is 0 Å². The smallest absolute Gasteiger partial charge is 0.443 e. The summed E-state index contributed by atoms with van der Waals surface area (Å²) in [4.78, 5) is 26.6. The number of nitrogens with zero attached hydrogens (tertiary/aromatic N) is 2. The molecule has 1 saturated heterocycles. The minimum atomic E-state index is -3.86. The highest BCUT2D eigenvalue weighted by Crippen LogP contribution is 2.43. The van der Waals surface area contributed by atoms with E-state index in [9.17, 15) is 23.6 Å². The third-order valence-electron chi connectivity index (χ3n) is 5.33. The van der Waals surface area contributed by atoms with Crippen LogP contribution in [0, 0.1) is 11.3 Å². The fraction of sp³-hybridized carbons (Fsp3) is 0.550. The van der Waals surface area contributed by atoms with Gasteiger partial charge in [-0.1, -0.05) is 13.0 Å². The van der Waals surface area contributed by atoms with Gasteiger partial charge in [-0.25, -0.2) is 4.79 Å². The number of hydrogen-bond donors (Lipinski definition) is 1. The number of benzene rings is 1. The topological polar surface area (TPSA) is 101 Å². The summed E-state index contributed by atoms with van der Waals surface area (Å²) >= 11 is 0. The number of nitrogens with one attached hydrogen (secondary N) is 1. The molecule has 1 fully saturated rings. The Morgan fingerprint density at radius 2 is 1.97 bits per heavy atom. The van der Waals surface area contributed by atoms with Crippen LogP contribution in [0.15, 0.2) is 18.2 Å². The Bertz CT molecular complexity index is 889. The second-order valence-corrected chi connectivity index (χ2v) is 7.92. The van der Waals surface area contributed by atoms with Gasteiger partial charge in [0.1, 0.15) is 11.1 Å². The molecule has 2 aliphatic heterocycles. The molecule has 8 nitrogen and oxygen atoms in total. The van der Waals surface area contributed by atoms with Gasteiger partial charge in [-0.05, 0) is 32.4 Å². The van der Waals surface area contributed by atoms with E-state index in [1.165, 1.54) is 23.1 Å². The Balaban J connectivity index is 1.68. The highest BCUT2D eigenvalue weighted by atomic mass is 19.3. The number of ether oxygens (including phenoxy) is 3. The number of fused-ring (bicyclic) bond motifs is 1. The van der Waals surface area contributed by atoms with Gasteiger partial charge in [0.05, 0.1) is 11.6 Å². The highest BCUT2D eigenvalue weighted by Gasteiger charge is 2.46. The quantitative estimate of drug-likeness (QED) is 0.796. The molecular formula is C20H23F2N3O5. The van der Waals surface area contributed by atoms with Crippen LogP contribution < -0.4 is 14.8 Å². The van der Waals surface area contributed by atoms with Crippen LogP contribution >= 0.6 is 0 Å². The standard InChI is InChI=1S/C20H23F2N3O5/c1-4-18(2,3)30-17(27)25-10-8-19(12-23,9-11-25)24-16(26)13-6-5-7-14-15(13)29-20(21,22)28-14/h5-7H,4,8-11H2,1-3H3,(H,24,26). The monoisotopic (exact) mass is 423 g/mol. The maximum absolute atomic E-state index is 13.4. The molecule has 2 amide bonds. The van der Waals surface area contributed by atoms with Gasteiger partial charge in [-0.3, -0.25) is 4.79 Å². The van der Waals surface area contributed by atoms with E-state index in [1.54, 1.807) is 0 Å². The lowest BCUT2D eigenvalue weighted by atomic mass is 9.88. The van der Waals surface area contributed by atoms with Crippen molar-refractivity contribution in [3.05, 3.63) is 23.8 Å². The summed E-state index contributed by atoms with van der Waals surface area (Å²) in [5, 5.41) is 12.3. The van der Waals surface area contributed by atoms with Crippen molar-refractivity contribution in [3.63, 3.8) is 0 Å². The average Bonchev–Trinajstić information content (AvgIpc) is 3.01. The van der Waals surface area contributed by atoms with Crippen LogP contribution in [0.3, 0.4) is 0 Å². The number of para-hydroxylation sites is 1. The molecule has 3 rings (SSSR count). The van der Waals surface area contributed by atoms with Gasteiger partial charge >= 0.3 is 12.4 Å². The van der Waals surface area contributed by atoms with Crippen molar-refractivity contribution in [2.24, 2.45) is 0 Å². The average molecular weight is 423 g/mol. The van der Waals surface area contributed by atoms with E-state index >= 15 is 0 Å². The number of carbonyl (C=O) groups excluding carboxylic acids is 2. The van der Waals surface area contributed by atoms with Crippen molar-refractivity contribution >= 4 is 12.0 Å². The molecule has 1 aromatic rings. The Kier molecular flexibility index (Phi) is 5.50. The summed E-state index contributed by atoms with van der Waals surface area (Å²) in [5.41, 5.74) is -2.02. The Morgan fingerprint density at radius 1 is 1.30 bits per heavy atom. The molecule has 0 unspecified atom stereocenters. The van der Waals surface area contributed by atoms with Gasteiger partial charge in [-0.2, -0.15) is 5.26 Å². The third kappa shape index (κ3) is 4.40. The molecule has 0 atom stereocenters. The van der Waals surface area contributed by atoms with E-state index < -0.39 is 29.4 Å². The van der Waals surface area contributed by atoms with Crippen molar-refractivity contribution in [2.45, 2.75) is 57.5 Å². The molecule has 1 aromatic carbocycles. The van der Waals surface area contributed by atoms with E-state index in [0.717, 1.165) is 0 Å². The second-order valence-electron chi connectivity index (χ2n) is 7.92. The largest absolute Gasteiger partial charge is 0.586 e. The summed E-state index contributed by atoms with van der Waals surface area (Å²) in [6, 6.07) is 6.04. The summed E-state index contributed by atoms with van der Waals surface area (Å²) in [7, 11) is 0. The van der Waals surface area contributed by atoms with Crippen molar-refractivity contribution in [3.8, 4) is 17.6 Å². The van der Waals surface area contributed by atoms with Gasteiger partial charge < -0.3 is 24.4 Å². The summed E-state index contributed by atoms with van der Waals surface area (Å²) in [6.45, 7) is 5.93. The van der Waals surface area contributed by atoms with Crippen molar-refractivity contribution in [1.29, 1.82) is 5.26 Å². The number of nitriles is 1. The lowest BCUT2D eigenvalue weighted by Gasteiger charge is -2.38. The molecule has 2 heterocycles. The zero-order valence-electron chi connectivity index (χ0n) is 17.0. The van der Waals surface area contributed by atoms with Gasteiger partial charge in [0.15, 0.2) is 11.5 Å². The maximum atomic E-state index is 13.4. The van der Waals surface area contributed by atoms with Gasteiger partial charge in [0, 0.05) is 25.9 Å². The number of rotatable bonds is 4. The molecule has 0 aliphatic carbocycles. The van der Waals surface area contributed by atoms with E-state index in [1.807, 2.05) is 20.8 Å². The third-order valence-corrected chi connectivity index (χ3v) is 5.33. The van der Waals surface area contributed by atoms with Crippen molar-refractivity contribution in [1.82, 2.24) is 10.2 Å². The van der Waals surface area contributed by atoms with Crippen LogP contribution in [-0.2, 0) is 4.74 Å². The lowest BCUT2D eigenvalue weighted by Crippen LogP contribution is -2.56. The number of likely N-dealkylation sites (tertiary alicyclic amines) is 1. The summed E-state index contributed by atoms with van der Waals surface area (Å²) < 4.78 is 41.0. The van der Waals surface area contributed by atoms with Crippen molar-refractivity contribution in [2.75, 3.05) is 13.1 Å². The number of halogens is 2. The first kappa shape index (κ1) is 21.6. The van der Waals surface area contributed by atoms with Crippen LogP contribution in [0.1, 0.15) is 50.4 Å². The molecule has 10 heteroatoms. The summed E-state index contributed by atoms with van der Waals surface area (Å²) in [5.74, 6) is -1.37. The van der Waals surface area contributed by atoms with Gasteiger partial charge in [0.2, 0.25) is 0 Å². The Labute approximate surface area is 172 Å². The van der Waals surface area contributed by atoms with Gasteiger partial charge in [0.25, 0.3) is 5.91 Å². The highest BCUT2D eigenvalue weighted by molar-refractivity contribution is 5.98. The molecule has 1 N–H and O–H groups in total. The fourth-order valence-electron chi connectivity index (χ4n) is 3.14. The molecule has 0 saturated carbocycles. The Morgan fingerprint density at radius 3 is 2.57 bits per heavy atom. The van der Waals surface area contributed by atoms with Crippen LogP contribution in [0.2, 0.25) is 0 Å². The van der Waals surface area contributed by atoms with E-state index in [0.29, 0.717) is 6.42 Å². The first-order chi connectivity index (χ1) is 14.0. The zero-order chi connectivity index (χ0) is 22.2. The molecule has 2 aliphatic rings. The van der Waals surface area contributed by atoms with Crippen LogP contribution in [0.4, 0.5) is 13.6 Å². The predicted molar refractivity (Wildman–Crippen MR) is 100 cm³/mol. The van der Waals surface area contributed by atoms with E-state index in [-0.39, 0.29) is 43.0 Å². The molecule has 0 spiro atoms. The second kappa shape index (κ2) is 7.63. The van der Waals surface area contributed by atoms with E-state index in [2.05, 4.69) is 20.9 Å². The fourth-order valence-corrected chi connectivity index (χ4v) is 3.14. The molecular weight excluding hydrogens is 400 g/mol. The van der Waals surface area contributed by atoms with Crippen LogP contribution in [-0.4, -0.2) is 47.4 Å². The van der Waals surface area contributed by atoms with Crippen molar-refractivity contribution < 1.29 is 32.6 Å². The van der Waals surface area contributed by atoms with E-state index in [4.69, 9.17) is 4.74 Å². The zero-order valence-corrected chi connectivity index (χ0v) is 17.0. The number of hydrogen-bond acceptors (Lipinski definition) is 6. The molecule has 0 bridgehead atoms.